The molecule has 0 N–H and O–H groups in total. The molecule has 0 fully saturated rings. The first-order valence-electron chi connectivity index (χ1n) is 15.7. The summed E-state index contributed by atoms with van der Waals surface area (Å²) in [5, 5.41) is 4.22. The fourth-order valence-electron chi connectivity index (χ4n) is 6.80. The number of rotatable bonds is 9. The minimum absolute atomic E-state index is 0.0310. The Bertz CT molecular complexity index is 2180. The van der Waals surface area contributed by atoms with Crippen molar-refractivity contribution >= 4 is 27.9 Å². The summed E-state index contributed by atoms with van der Waals surface area (Å²) in [5.74, 6) is 0.0310. The van der Waals surface area contributed by atoms with Crippen LogP contribution >= 0.6 is 11.3 Å². The zero-order chi connectivity index (χ0) is 31.6. The maximum Gasteiger partial charge on any atom is 0.205 e. The molecular weight excluding hydrogens is 595 g/mol. The van der Waals surface area contributed by atoms with Gasteiger partial charge in [-0.05, 0) is 44.5 Å². The predicted octanol–water partition coefficient (Wildman–Crippen LogP) is 9.69. The van der Waals surface area contributed by atoms with Gasteiger partial charge in [0, 0.05) is 29.7 Å². The zero-order valence-corrected chi connectivity index (χ0v) is 26.4. The number of thiophene rings is 1. The average Bonchev–Trinajstić information content (AvgIpc) is 3.93. The van der Waals surface area contributed by atoms with Gasteiger partial charge in [0.15, 0.2) is 0 Å². The molecule has 5 aromatic carbocycles. The summed E-state index contributed by atoms with van der Waals surface area (Å²) in [6, 6.07) is 50.3. The Morgan fingerprint density at radius 2 is 1.23 bits per heavy atom. The van der Waals surface area contributed by atoms with Gasteiger partial charge in [-0.2, -0.15) is 0 Å². The van der Waals surface area contributed by atoms with Crippen LogP contribution in [0.15, 0.2) is 176 Å². The summed E-state index contributed by atoms with van der Waals surface area (Å²) in [6.45, 7) is 0.511. The van der Waals surface area contributed by atoms with Gasteiger partial charge in [-0.25, -0.2) is 4.98 Å². The number of benzene rings is 5. The lowest BCUT2D eigenvalue weighted by Gasteiger charge is -2.37. The van der Waals surface area contributed by atoms with Gasteiger partial charge in [0.25, 0.3) is 0 Å². The molecule has 0 aliphatic carbocycles. The van der Waals surface area contributed by atoms with E-state index in [1.807, 2.05) is 36.1 Å². The van der Waals surface area contributed by atoms with E-state index in [2.05, 4.69) is 149 Å². The van der Waals surface area contributed by atoms with Crippen molar-refractivity contribution in [3.05, 3.63) is 209 Å². The minimum atomic E-state index is -0.639. The van der Waals surface area contributed by atoms with Gasteiger partial charge in [-0.15, -0.1) is 11.3 Å². The van der Waals surface area contributed by atoms with Crippen LogP contribution < -0.4 is 0 Å². The zero-order valence-electron chi connectivity index (χ0n) is 25.6. The van der Waals surface area contributed by atoms with E-state index < -0.39 is 5.54 Å². The Morgan fingerprint density at radius 3 is 1.87 bits per heavy atom. The molecule has 3 heterocycles. The summed E-state index contributed by atoms with van der Waals surface area (Å²) in [4.78, 5) is 19.6. The second-order valence-corrected chi connectivity index (χ2v) is 12.6. The Morgan fingerprint density at radius 1 is 0.617 bits per heavy atom. The molecule has 226 valence electrons. The fraction of sp³-hybridized carbons (Fsp3) is 0.0476. The number of aromatic nitrogens is 3. The SMILES string of the molecule is O=C(c1cccs1)c1cn(Cc2cn(C(c3ccccc3)(c3ccccc3)c3ccccc3)cn2)cc1-c1cccc2ccccc12. The van der Waals surface area contributed by atoms with Crippen LogP contribution in [0.3, 0.4) is 0 Å². The van der Waals surface area contributed by atoms with Gasteiger partial charge in [0.1, 0.15) is 5.54 Å². The second kappa shape index (κ2) is 12.2. The molecule has 0 radical (unpaired) electrons. The first-order valence-corrected chi connectivity index (χ1v) is 16.6. The Kier molecular flexibility index (Phi) is 7.44. The molecule has 0 saturated carbocycles. The van der Waals surface area contributed by atoms with Crippen molar-refractivity contribution in [2.45, 2.75) is 12.1 Å². The van der Waals surface area contributed by atoms with Gasteiger partial charge in [-0.1, -0.05) is 140 Å². The predicted molar refractivity (Wildman–Crippen MR) is 191 cm³/mol. The lowest BCUT2D eigenvalue weighted by molar-refractivity contribution is 0.104. The first kappa shape index (κ1) is 28.7. The molecule has 0 atom stereocenters. The normalized spacial score (nSPS) is 11.6. The van der Waals surface area contributed by atoms with Crippen molar-refractivity contribution in [3.63, 3.8) is 0 Å². The van der Waals surface area contributed by atoms with Gasteiger partial charge < -0.3 is 9.13 Å². The van der Waals surface area contributed by atoms with Crippen molar-refractivity contribution in [2.75, 3.05) is 0 Å². The van der Waals surface area contributed by atoms with E-state index in [0.717, 1.165) is 49.2 Å². The molecule has 0 aliphatic rings. The number of hydrogen-bond donors (Lipinski definition) is 0. The Hall–Kier alpha value is -5.78. The molecule has 47 heavy (non-hydrogen) atoms. The van der Waals surface area contributed by atoms with E-state index in [1.165, 1.54) is 11.3 Å². The molecule has 8 rings (SSSR count). The molecule has 4 nitrogen and oxygen atoms in total. The molecule has 0 bridgehead atoms. The monoisotopic (exact) mass is 625 g/mol. The number of imidazole rings is 1. The lowest BCUT2D eigenvalue weighted by atomic mass is 9.77. The largest absolute Gasteiger partial charge is 0.347 e. The van der Waals surface area contributed by atoms with E-state index in [0.29, 0.717) is 12.1 Å². The van der Waals surface area contributed by atoms with E-state index in [4.69, 9.17) is 4.98 Å². The summed E-state index contributed by atoms with van der Waals surface area (Å²) in [6.07, 6.45) is 8.16. The van der Waals surface area contributed by atoms with E-state index in [-0.39, 0.29) is 5.78 Å². The maximum atomic E-state index is 13.9. The molecule has 0 unspecified atom stereocenters. The molecule has 3 aromatic heterocycles. The van der Waals surface area contributed by atoms with Crippen LogP contribution in [-0.4, -0.2) is 19.9 Å². The topological polar surface area (TPSA) is 39.8 Å². The Labute approximate surface area is 277 Å². The molecule has 0 spiro atoms. The fourth-order valence-corrected chi connectivity index (χ4v) is 7.47. The summed E-state index contributed by atoms with van der Waals surface area (Å²) < 4.78 is 4.33. The van der Waals surface area contributed by atoms with Gasteiger partial charge >= 0.3 is 0 Å². The van der Waals surface area contributed by atoms with E-state index in [1.54, 1.807) is 0 Å². The van der Waals surface area contributed by atoms with Crippen LogP contribution in [-0.2, 0) is 12.1 Å². The summed E-state index contributed by atoms with van der Waals surface area (Å²) in [5.41, 5.74) is 6.34. The van der Waals surface area contributed by atoms with E-state index in [9.17, 15) is 4.79 Å². The van der Waals surface area contributed by atoms with Crippen molar-refractivity contribution in [3.8, 4) is 11.1 Å². The highest BCUT2D eigenvalue weighted by Crippen LogP contribution is 2.41. The third-order valence-corrected chi connectivity index (χ3v) is 9.76. The second-order valence-electron chi connectivity index (χ2n) is 11.7. The number of carbonyl (C=O) groups excluding carboxylic acids is 1. The highest BCUT2D eigenvalue weighted by Gasteiger charge is 2.38. The van der Waals surface area contributed by atoms with Crippen molar-refractivity contribution < 1.29 is 4.79 Å². The van der Waals surface area contributed by atoms with Gasteiger partial charge in [0.2, 0.25) is 5.78 Å². The molecule has 8 aromatic rings. The smallest absolute Gasteiger partial charge is 0.205 e. The van der Waals surface area contributed by atoms with Gasteiger partial charge in [-0.3, -0.25) is 4.79 Å². The number of fused-ring (bicyclic) bond motifs is 1. The van der Waals surface area contributed by atoms with E-state index >= 15 is 0 Å². The van der Waals surface area contributed by atoms with Crippen molar-refractivity contribution in [2.24, 2.45) is 0 Å². The number of hydrogen-bond acceptors (Lipinski definition) is 3. The summed E-state index contributed by atoms with van der Waals surface area (Å²) >= 11 is 1.47. The average molecular weight is 626 g/mol. The third-order valence-electron chi connectivity index (χ3n) is 8.89. The number of ketones is 1. The highest BCUT2D eigenvalue weighted by atomic mass is 32.1. The van der Waals surface area contributed by atoms with Crippen LogP contribution in [0.25, 0.3) is 21.9 Å². The molecule has 0 aliphatic heterocycles. The van der Waals surface area contributed by atoms with Crippen LogP contribution in [0, 0.1) is 0 Å². The van der Waals surface area contributed by atoms with Gasteiger partial charge in [0.05, 0.1) is 23.4 Å². The van der Waals surface area contributed by atoms with Crippen LogP contribution in [0.1, 0.15) is 37.6 Å². The third kappa shape index (κ3) is 5.11. The number of carbonyl (C=O) groups is 1. The number of nitrogens with zero attached hydrogens (tertiary/aromatic N) is 3. The Balaban J connectivity index is 1.25. The lowest BCUT2D eigenvalue weighted by Crippen LogP contribution is -2.36. The molecule has 5 heteroatoms. The van der Waals surface area contributed by atoms with Crippen molar-refractivity contribution in [1.82, 2.24) is 14.1 Å². The minimum Gasteiger partial charge on any atom is -0.347 e. The quantitative estimate of drug-likeness (QED) is 0.118. The molecule has 0 amide bonds. The standard InChI is InChI=1S/C42H31N3OS/c46-41(40-24-13-25-47-40)39-29-44(28-38(39)37-23-12-15-31-14-10-11-22-36(31)37)26-35-27-45(30-43-35)42(32-16-4-1-5-17-32,33-18-6-2-7-19-33)34-20-8-3-9-21-34/h1-25,27-30H,26H2. The summed E-state index contributed by atoms with van der Waals surface area (Å²) in [7, 11) is 0. The van der Waals surface area contributed by atoms with Crippen LogP contribution in [0.4, 0.5) is 0 Å². The first-order chi connectivity index (χ1) is 23.2. The highest BCUT2D eigenvalue weighted by molar-refractivity contribution is 7.12. The van der Waals surface area contributed by atoms with Crippen LogP contribution in [0.5, 0.6) is 0 Å². The maximum absolute atomic E-state index is 13.9. The molecule has 0 saturated heterocycles. The van der Waals surface area contributed by atoms with Crippen molar-refractivity contribution in [1.29, 1.82) is 0 Å². The molecular formula is C42H31N3OS. The van der Waals surface area contributed by atoms with Crippen LogP contribution in [0.2, 0.25) is 0 Å².